The minimum Gasteiger partial charge on any atom is -0.0654 e. The number of rotatable bonds is 51. The van der Waals surface area contributed by atoms with Crippen LogP contribution in [0.2, 0.25) is 0 Å². The molecule has 0 aromatic heterocycles. The normalized spacial score (nSPS) is 12.3. The van der Waals surface area contributed by atoms with E-state index in [4.69, 9.17) is 0 Å². The average molecular weight is 772 g/mol. The van der Waals surface area contributed by atoms with Gasteiger partial charge in [-0.15, -0.1) is 0 Å². The van der Waals surface area contributed by atoms with Crippen LogP contribution < -0.4 is 0 Å². The molecule has 0 saturated heterocycles. The van der Waals surface area contributed by atoms with Gasteiger partial charge < -0.3 is 0 Å². The molecule has 0 fully saturated rings. The molecule has 0 N–H and O–H groups in total. The Morgan fingerprint density at radius 2 is 0.345 bits per heavy atom. The zero-order valence-corrected chi connectivity index (χ0v) is 39.3. The van der Waals surface area contributed by atoms with E-state index in [0.717, 1.165) is 12.3 Å². The first-order valence-corrected chi connectivity index (χ1v) is 27.1. The van der Waals surface area contributed by atoms with Crippen LogP contribution in [0, 0.1) is 12.8 Å². The molecule has 0 rings (SSSR count). The fourth-order valence-corrected chi connectivity index (χ4v) is 9.30. The number of hydrogen-bond acceptors (Lipinski definition) is 0. The standard InChI is InChI=1S/C55H111/c1-4-7-10-13-15-17-19-21-23-25-27-28-29-30-31-32-34-36-38-40-42-44-46-48-51-54-55(52-49-12-9-6-3)53-50-47-45-43-41-39-37-35-33-26-24-22-20-18-16-14-11-8-5-2/h55H,3-54H2,1-2H3. The van der Waals surface area contributed by atoms with E-state index in [1.54, 1.807) is 0 Å². The minimum atomic E-state index is 1.01. The molecule has 0 aliphatic carbocycles. The zero-order chi connectivity index (χ0) is 39.6. The van der Waals surface area contributed by atoms with Gasteiger partial charge in [0.2, 0.25) is 0 Å². The highest BCUT2D eigenvalue weighted by molar-refractivity contribution is 4.63. The van der Waals surface area contributed by atoms with Crippen LogP contribution in [0.3, 0.4) is 0 Å². The van der Waals surface area contributed by atoms with Gasteiger partial charge in [-0.2, -0.15) is 0 Å². The van der Waals surface area contributed by atoms with Crippen LogP contribution >= 0.6 is 0 Å². The van der Waals surface area contributed by atoms with E-state index in [-0.39, 0.29) is 0 Å². The molecular weight excluding hydrogens is 661 g/mol. The molecule has 0 aliphatic rings. The topological polar surface area (TPSA) is 0 Å². The van der Waals surface area contributed by atoms with Crippen LogP contribution in [0.15, 0.2) is 0 Å². The van der Waals surface area contributed by atoms with Crippen molar-refractivity contribution in [2.75, 3.05) is 0 Å². The highest BCUT2D eigenvalue weighted by Gasteiger charge is 2.09. The summed E-state index contributed by atoms with van der Waals surface area (Å²) >= 11 is 0. The summed E-state index contributed by atoms with van der Waals surface area (Å²) in [5.41, 5.74) is 0. The third kappa shape index (κ3) is 50.1. The van der Waals surface area contributed by atoms with Crippen molar-refractivity contribution >= 4 is 0 Å². The Morgan fingerprint density at radius 3 is 0.509 bits per heavy atom. The maximum atomic E-state index is 4.07. The molecule has 0 bridgehead atoms. The molecule has 0 heterocycles. The van der Waals surface area contributed by atoms with Crippen molar-refractivity contribution in [1.29, 1.82) is 0 Å². The van der Waals surface area contributed by atoms with Gasteiger partial charge in [0, 0.05) is 0 Å². The second-order valence-corrected chi connectivity index (χ2v) is 19.0. The van der Waals surface area contributed by atoms with E-state index in [2.05, 4.69) is 20.8 Å². The molecule has 0 aromatic carbocycles. The fourth-order valence-electron chi connectivity index (χ4n) is 9.30. The molecule has 331 valence electrons. The molecule has 0 aromatic rings. The summed E-state index contributed by atoms with van der Waals surface area (Å²) in [7, 11) is 0. The molecule has 0 amide bonds. The Hall–Kier alpha value is 0. The van der Waals surface area contributed by atoms with Crippen LogP contribution in [-0.2, 0) is 0 Å². The van der Waals surface area contributed by atoms with Crippen LogP contribution in [0.1, 0.15) is 341 Å². The summed E-state index contributed by atoms with van der Waals surface area (Å²) in [6.07, 6.45) is 75.1. The van der Waals surface area contributed by atoms with E-state index >= 15 is 0 Å². The first-order chi connectivity index (χ1) is 27.3. The van der Waals surface area contributed by atoms with Gasteiger partial charge in [0.15, 0.2) is 0 Å². The summed E-state index contributed by atoms with van der Waals surface area (Å²) in [6, 6.07) is 0. The Morgan fingerprint density at radius 1 is 0.200 bits per heavy atom. The summed E-state index contributed by atoms with van der Waals surface area (Å²) < 4.78 is 0. The first kappa shape index (κ1) is 55.0. The van der Waals surface area contributed by atoms with Gasteiger partial charge >= 0.3 is 0 Å². The Kier molecular flexibility index (Phi) is 52.0. The lowest BCUT2D eigenvalue weighted by atomic mass is 9.89. The highest BCUT2D eigenvalue weighted by Crippen LogP contribution is 2.25. The van der Waals surface area contributed by atoms with Crippen LogP contribution in [0.25, 0.3) is 0 Å². The van der Waals surface area contributed by atoms with E-state index in [1.807, 2.05) is 0 Å². The summed E-state index contributed by atoms with van der Waals surface area (Å²) in [4.78, 5) is 0. The molecular formula is C55H111. The molecule has 0 nitrogen and oxygen atoms in total. The van der Waals surface area contributed by atoms with Crippen molar-refractivity contribution in [3.63, 3.8) is 0 Å². The molecule has 0 aliphatic heterocycles. The maximum Gasteiger partial charge on any atom is -0.0414 e. The average Bonchev–Trinajstić information content (AvgIpc) is 3.20. The monoisotopic (exact) mass is 772 g/mol. The zero-order valence-electron chi connectivity index (χ0n) is 39.3. The number of unbranched alkanes of at least 4 members (excludes halogenated alkanes) is 45. The van der Waals surface area contributed by atoms with Crippen molar-refractivity contribution in [3.05, 3.63) is 6.92 Å². The molecule has 1 unspecified atom stereocenters. The third-order valence-electron chi connectivity index (χ3n) is 13.3. The largest absolute Gasteiger partial charge is 0.0654 e. The fraction of sp³-hybridized carbons (Fsp3) is 0.982. The van der Waals surface area contributed by atoms with E-state index in [9.17, 15) is 0 Å². The lowest BCUT2D eigenvalue weighted by Crippen LogP contribution is -2.01. The van der Waals surface area contributed by atoms with Gasteiger partial charge in [-0.3, -0.25) is 0 Å². The van der Waals surface area contributed by atoms with Crippen molar-refractivity contribution in [2.45, 2.75) is 341 Å². The van der Waals surface area contributed by atoms with Gasteiger partial charge in [-0.1, -0.05) is 348 Å². The maximum absolute atomic E-state index is 4.07. The van der Waals surface area contributed by atoms with Gasteiger partial charge in [0.05, 0.1) is 0 Å². The minimum absolute atomic E-state index is 1.01. The lowest BCUT2D eigenvalue weighted by molar-refractivity contribution is 0.366. The predicted molar refractivity (Wildman–Crippen MR) is 256 cm³/mol. The smallest absolute Gasteiger partial charge is 0.0414 e. The molecule has 0 spiro atoms. The number of hydrogen-bond donors (Lipinski definition) is 0. The van der Waals surface area contributed by atoms with Crippen molar-refractivity contribution < 1.29 is 0 Å². The van der Waals surface area contributed by atoms with Crippen molar-refractivity contribution in [3.8, 4) is 0 Å². The van der Waals surface area contributed by atoms with Crippen LogP contribution in [0.4, 0.5) is 0 Å². The summed E-state index contributed by atoms with van der Waals surface area (Å²) in [6.45, 7) is 8.70. The lowest BCUT2D eigenvalue weighted by Gasteiger charge is -2.17. The Bertz CT molecular complexity index is 622. The first-order valence-electron chi connectivity index (χ1n) is 27.1. The second kappa shape index (κ2) is 52.0. The van der Waals surface area contributed by atoms with Crippen LogP contribution in [0.5, 0.6) is 0 Å². The van der Waals surface area contributed by atoms with Gasteiger partial charge in [0.1, 0.15) is 0 Å². The van der Waals surface area contributed by atoms with Crippen molar-refractivity contribution in [2.24, 2.45) is 5.92 Å². The Balaban J connectivity index is 3.51. The predicted octanol–water partition coefficient (Wildman–Crippen LogP) is 21.4. The molecule has 1 radical (unpaired) electrons. The molecule has 1 atom stereocenters. The van der Waals surface area contributed by atoms with Gasteiger partial charge in [-0.05, 0) is 5.92 Å². The van der Waals surface area contributed by atoms with Gasteiger partial charge in [-0.25, -0.2) is 0 Å². The van der Waals surface area contributed by atoms with Crippen molar-refractivity contribution in [1.82, 2.24) is 0 Å². The molecule has 0 heteroatoms. The highest BCUT2D eigenvalue weighted by atomic mass is 14.1. The van der Waals surface area contributed by atoms with E-state index in [0.29, 0.717) is 0 Å². The third-order valence-corrected chi connectivity index (χ3v) is 13.3. The Labute approximate surface area is 352 Å². The summed E-state index contributed by atoms with van der Waals surface area (Å²) in [5, 5.41) is 0. The van der Waals surface area contributed by atoms with Crippen LogP contribution in [-0.4, -0.2) is 0 Å². The summed E-state index contributed by atoms with van der Waals surface area (Å²) in [5.74, 6) is 1.01. The molecule has 55 heavy (non-hydrogen) atoms. The second-order valence-electron chi connectivity index (χ2n) is 19.0. The van der Waals surface area contributed by atoms with E-state index in [1.165, 1.54) is 321 Å². The van der Waals surface area contributed by atoms with E-state index < -0.39 is 0 Å². The van der Waals surface area contributed by atoms with Gasteiger partial charge in [0.25, 0.3) is 0 Å². The molecule has 0 saturated carbocycles. The SMILES string of the molecule is [CH2]CCCCCC(CCCCCCCCCCCCCCCCCCCCC)CCCCCCCCCCCCCCCCCCCCCCCCCCC. The quantitative estimate of drug-likeness (QED) is 0.0540.